The lowest BCUT2D eigenvalue weighted by Gasteiger charge is -2.15. The van der Waals surface area contributed by atoms with Crippen LogP contribution in [0.1, 0.15) is 5.56 Å². The van der Waals surface area contributed by atoms with Crippen molar-refractivity contribution in [2.75, 3.05) is 20.5 Å². The summed E-state index contributed by atoms with van der Waals surface area (Å²) in [4.78, 5) is 18.7. The summed E-state index contributed by atoms with van der Waals surface area (Å²) in [5.74, 6) is 0.102. The monoisotopic (exact) mass is 397 g/mol. The van der Waals surface area contributed by atoms with E-state index in [4.69, 9.17) is 9.47 Å². The predicted octanol–water partition coefficient (Wildman–Crippen LogP) is 2.52. The minimum Gasteiger partial charge on any atom is -0.504 e. The Morgan fingerprint density at radius 2 is 2.04 bits per heavy atom. The third-order valence-electron chi connectivity index (χ3n) is 3.03. The number of nitrogens with zero attached hydrogens (tertiary/aromatic N) is 2. The van der Waals surface area contributed by atoms with Crippen molar-refractivity contribution in [1.29, 1.82) is 5.26 Å². The number of aromatic hydroxyl groups is 1. The Bertz CT molecular complexity index is 861. The Kier molecular flexibility index (Phi) is 5.18. The molecule has 1 heterocycles. The minimum absolute atomic E-state index is 0.0692. The van der Waals surface area contributed by atoms with Gasteiger partial charge in [-0.3, -0.25) is 4.79 Å². The second-order valence-electron chi connectivity index (χ2n) is 4.23. The van der Waals surface area contributed by atoms with E-state index in [-0.39, 0.29) is 28.3 Å². The highest BCUT2D eigenvalue weighted by molar-refractivity contribution is 9.10. The maximum atomic E-state index is 12.0. The van der Waals surface area contributed by atoms with Gasteiger partial charge < -0.3 is 19.6 Å². The number of phenolic OH excluding ortho intramolecular Hbond substituents is 1. The average molecular weight is 398 g/mol. The molecule has 0 unspecified atom stereocenters. The van der Waals surface area contributed by atoms with Crippen molar-refractivity contribution >= 4 is 27.7 Å². The molecular formula is C14H12BrN3O4S. The number of ether oxygens (including phenoxy) is 2. The lowest BCUT2D eigenvalue weighted by atomic mass is 10.1. The number of halogens is 1. The van der Waals surface area contributed by atoms with E-state index in [0.717, 1.165) is 0 Å². The largest absolute Gasteiger partial charge is 0.504 e. The van der Waals surface area contributed by atoms with Gasteiger partial charge in [-0.15, -0.1) is 0 Å². The van der Waals surface area contributed by atoms with Crippen LogP contribution in [0.4, 0.5) is 0 Å². The van der Waals surface area contributed by atoms with Crippen LogP contribution in [0.2, 0.25) is 0 Å². The summed E-state index contributed by atoms with van der Waals surface area (Å²) in [5.41, 5.74) is -0.517. The molecule has 0 aliphatic carbocycles. The van der Waals surface area contributed by atoms with Gasteiger partial charge in [-0.1, -0.05) is 11.8 Å². The van der Waals surface area contributed by atoms with Crippen molar-refractivity contribution in [3.63, 3.8) is 0 Å². The molecule has 120 valence electrons. The number of rotatable bonds is 4. The molecule has 0 radical (unpaired) electrons. The van der Waals surface area contributed by atoms with E-state index >= 15 is 0 Å². The highest BCUT2D eigenvalue weighted by atomic mass is 79.9. The van der Waals surface area contributed by atoms with Crippen molar-refractivity contribution < 1.29 is 14.6 Å². The molecule has 9 heteroatoms. The molecule has 0 amide bonds. The van der Waals surface area contributed by atoms with Gasteiger partial charge in [0.05, 0.1) is 18.7 Å². The van der Waals surface area contributed by atoms with Crippen LogP contribution in [0.25, 0.3) is 11.3 Å². The second-order valence-corrected chi connectivity index (χ2v) is 5.88. The second kappa shape index (κ2) is 6.93. The van der Waals surface area contributed by atoms with E-state index < -0.39 is 5.56 Å². The van der Waals surface area contributed by atoms with Gasteiger partial charge in [0.15, 0.2) is 16.7 Å². The standard InChI is InChI=1S/C14H12BrN3O4S/c1-21-11-8(15)4-6(10(19)12(11)22-2)9-7(5-16)13(20)18-14(17-9)23-3/h4,19H,1-3H3,(H,17,18,20). The fourth-order valence-electron chi connectivity index (χ4n) is 2.01. The number of H-pyrrole nitrogens is 1. The molecule has 0 bridgehead atoms. The molecular weight excluding hydrogens is 386 g/mol. The van der Waals surface area contributed by atoms with Crippen molar-refractivity contribution in [2.24, 2.45) is 0 Å². The van der Waals surface area contributed by atoms with E-state index in [1.54, 1.807) is 6.26 Å². The number of benzene rings is 1. The Hall–Kier alpha value is -2.18. The molecule has 2 N–H and O–H groups in total. The molecule has 0 atom stereocenters. The number of phenols is 1. The summed E-state index contributed by atoms with van der Waals surface area (Å²) < 4.78 is 10.8. The van der Waals surface area contributed by atoms with E-state index in [1.807, 2.05) is 6.07 Å². The smallest absolute Gasteiger partial charge is 0.270 e. The summed E-state index contributed by atoms with van der Waals surface area (Å²) >= 11 is 4.53. The van der Waals surface area contributed by atoms with Gasteiger partial charge in [0.1, 0.15) is 17.3 Å². The number of thioether (sulfide) groups is 1. The van der Waals surface area contributed by atoms with Gasteiger partial charge in [-0.2, -0.15) is 5.26 Å². The van der Waals surface area contributed by atoms with Crippen molar-refractivity contribution in [3.8, 4) is 34.6 Å². The molecule has 0 aliphatic rings. The summed E-state index contributed by atoms with van der Waals surface area (Å²) in [6.07, 6.45) is 1.73. The number of aromatic nitrogens is 2. The van der Waals surface area contributed by atoms with Crippen LogP contribution < -0.4 is 15.0 Å². The number of nitriles is 1. The zero-order valence-corrected chi connectivity index (χ0v) is 14.8. The fourth-order valence-corrected chi connectivity index (χ4v) is 2.96. The molecule has 0 aliphatic heterocycles. The van der Waals surface area contributed by atoms with Crippen LogP contribution in [0.3, 0.4) is 0 Å². The highest BCUT2D eigenvalue weighted by Crippen LogP contribution is 2.47. The molecule has 2 aromatic rings. The van der Waals surface area contributed by atoms with Gasteiger partial charge in [-0.05, 0) is 28.3 Å². The Labute approximate surface area is 144 Å². The lowest BCUT2D eigenvalue weighted by molar-refractivity contribution is 0.332. The first-order chi connectivity index (χ1) is 11.0. The molecule has 0 saturated carbocycles. The minimum atomic E-state index is -0.577. The number of hydrogen-bond acceptors (Lipinski definition) is 7. The van der Waals surface area contributed by atoms with Gasteiger partial charge in [0, 0.05) is 5.56 Å². The van der Waals surface area contributed by atoms with Crippen LogP contribution in [0.15, 0.2) is 20.5 Å². The van der Waals surface area contributed by atoms with Crippen LogP contribution in [-0.4, -0.2) is 35.5 Å². The first-order valence-electron chi connectivity index (χ1n) is 6.20. The topological polar surface area (TPSA) is 108 Å². The first kappa shape index (κ1) is 17.2. The Morgan fingerprint density at radius 1 is 1.39 bits per heavy atom. The Morgan fingerprint density at radius 3 is 2.57 bits per heavy atom. The summed E-state index contributed by atoms with van der Waals surface area (Å²) in [5, 5.41) is 20.0. The summed E-state index contributed by atoms with van der Waals surface area (Å²) in [6, 6.07) is 3.33. The van der Waals surface area contributed by atoms with Crippen LogP contribution in [0.5, 0.6) is 17.2 Å². The fraction of sp³-hybridized carbons (Fsp3) is 0.214. The van der Waals surface area contributed by atoms with Gasteiger partial charge >= 0.3 is 0 Å². The molecule has 0 spiro atoms. The molecule has 1 aromatic heterocycles. The number of methoxy groups -OCH3 is 2. The highest BCUT2D eigenvalue weighted by Gasteiger charge is 2.23. The first-order valence-corrected chi connectivity index (χ1v) is 8.22. The van der Waals surface area contributed by atoms with Gasteiger partial charge in [-0.25, -0.2) is 4.98 Å². The van der Waals surface area contributed by atoms with Gasteiger partial charge in [0.2, 0.25) is 5.75 Å². The van der Waals surface area contributed by atoms with Gasteiger partial charge in [0.25, 0.3) is 5.56 Å². The third kappa shape index (κ3) is 3.00. The van der Waals surface area contributed by atoms with E-state index in [1.165, 1.54) is 32.0 Å². The van der Waals surface area contributed by atoms with Crippen LogP contribution in [0, 0.1) is 11.3 Å². The molecule has 23 heavy (non-hydrogen) atoms. The molecule has 2 rings (SSSR count). The normalized spacial score (nSPS) is 10.2. The molecule has 0 fully saturated rings. The third-order valence-corrected chi connectivity index (χ3v) is 4.20. The summed E-state index contributed by atoms with van der Waals surface area (Å²) in [6.45, 7) is 0. The maximum absolute atomic E-state index is 12.0. The van der Waals surface area contributed by atoms with Crippen molar-refractivity contribution in [2.45, 2.75) is 5.16 Å². The zero-order chi connectivity index (χ0) is 17.1. The SMILES string of the molecule is COc1c(Br)cc(-c2nc(SC)[nH]c(=O)c2C#N)c(O)c1OC. The summed E-state index contributed by atoms with van der Waals surface area (Å²) in [7, 11) is 2.80. The maximum Gasteiger partial charge on any atom is 0.270 e. The van der Waals surface area contributed by atoms with Crippen molar-refractivity contribution in [1.82, 2.24) is 9.97 Å². The van der Waals surface area contributed by atoms with E-state index in [0.29, 0.717) is 15.4 Å². The number of aromatic amines is 1. The van der Waals surface area contributed by atoms with Crippen LogP contribution in [-0.2, 0) is 0 Å². The molecule has 0 saturated heterocycles. The Balaban J connectivity index is 2.88. The predicted molar refractivity (Wildman–Crippen MR) is 89.3 cm³/mol. The van der Waals surface area contributed by atoms with Crippen molar-refractivity contribution in [3.05, 3.63) is 26.5 Å². The average Bonchev–Trinajstić information content (AvgIpc) is 2.55. The van der Waals surface area contributed by atoms with Crippen LogP contribution >= 0.6 is 27.7 Å². The number of nitrogens with one attached hydrogen (secondary N) is 1. The van der Waals surface area contributed by atoms with E-state index in [2.05, 4.69) is 25.9 Å². The zero-order valence-electron chi connectivity index (χ0n) is 12.4. The molecule has 1 aromatic carbocycles. The molecule has 7 nitrogen and oxygen atoms in total. The number of hydrogen-bond donors (Lipinski definition) is 2. The van der Waals surface area contributed by atoms with E-state index in [9.17, 15) is 15.2 Å². The quantitative estimate of drug-likeness (QED) is 0.602. The lowest BCUT2D eigenvalue weighted by Crippen LogP contribution is -2.14.